The zero-order chi connectivity index (χ0) is 16.8. The van der Waals surface area contributed by atoms with E-state index in [2.05, 4.69) is 0 Å². The average molecular weight is 325 g/mol. The Bertz CT molecular complexity index is 570. The molecule has 6 nitrogen and oxygen atoms in total. The van der Waals surface area contributed by atoms with Crippen LogP contribution >= 0.6 is 0 Å². The monoisotopic (exact) mass is 325 g/mol. The van der Waals surface area contributed by atoms with Gasteiger partial charge in [-0.05, 0) is 43.7 Å². The molecule has 1 aromatic rings. The number of carboxylic acid groups (broad SMARTS) is 2. The van der Waals surface area contributed by atoms with Gasteiger partial charge in [-0.25, -0.2) is 14.0 Å². The van der Waals surface area contributed by atoms with Crippen LogP contribution < -0.4 is 4.74 Å². The number of aromatic carboxylic acids is 1. The summed E-state index contributed by atoms with van der Waals surface area (Å²) < 4.78 is 18.9. The van der Waals surface area contributed by atoms with Gasteiger partial charge in [-0.2, -0.15) is 0 Å². The minimum atomic E-state index is -1.30. The Balaban J connectivity index is 1.69. The van der Waals surface area contributed by atoms with Crippen LogP contribution in [0.4, 0.5) is 9.18 Å². The van der Waals surface area contributed by atoms with Gasteiger partial charge in [0.25, 0.3) is 0 Å². The van der Waals surface area contributed by atoms with E-state index in [-0.39, 0.29) is 5.56 Å². The maximum absolute atomic E-state index is 13.5. The van der Waals surface area contributed by atoms with Crippen molar-refractivity contribution in [3.63, 3.8) is 0 Å². The smallest absolute Gasteiger partial charge is 0.407 e. The fraction of sp³-hybridized carbons (Fsp3) is 0.500. The molecule has 0 spiro atoms. The first kappa shape index (κ1) is 17.1. The zero-order valence-electron chi connectivity index (χ0n) is 12.7. The summed E-state index contributed by atoms with van der Waals surface area (Å²) in [4.78, 5) is 23.0. The first-order valence-electron chi connectivity index (χ1n) is 7.61. The maximum atomic E-state index is 13.5. The molecule has 1 aromatic carbocycles. The molecule has 1 fully saturated rings. The lowest BCUT2D eigenvalue weighted by Gasteiger charge is -2.29. The third kappa shape index (κ3) is 4.84. The van der Waals surface area contributed by atoms with Crippen LogP contribution in [0, 0.1) is 11.7 Å². The van der Waals surface area contributed by atoms with Gasteiger partial charge in [0.05, 0.1) is 12.2 Å². The van der Waals surface area contributed by atoms with E-state index in [0.717, 1.165) is 31.7 Å². The first-order chi connectivity index (χ1) is 11.0. The van der Waals surface area contributed by atoms with Crippen LogP contribution in [0.1, 0.15) is 36.0 Å². The van der Waals surface area contributed by atoms with Crippen LogP contribution in [-0.2, 0) is 0 Å². The minimum Gasteiger partial charge on any atom is -0.493 e. The summed E-state index contributed by atoms with van der Waals surface area (Å²) in [7, 11) is 0. The Morgan fingerprint density at radius 2 is 1.96 bits per heavy atom. The van der Waals surface area contributed by atoms with Crippen molar-refractivity contribution in [3.8, 4) is 5.75 Å². The fourth-order valence-corrected chi connectivity index (χ4v) is 2.73. The molecule has 0 atom stereocenters. The third-order valence-corrected chi connectivity index (χ3v) is 4.08. The number of halogens is 1. The molecule has 1 saturated heterocycles. The number of rotatable bonds is 6. The second-order valence-corrected chi connectivity index (χ2v) is 5.65. The number of nitrogens with zero attached hydrogens (tertiary/aromatic N) is 1. The standard InChI is InChI=1S/C16H20FNO5/c17-14-10-12(3-4-13(14)15(19)20)23-9-1-2-11-5-7-18(8-6-11)16(21)22/h3-4,10-11H,1-2,5-9H2,(H,19,20)(H,21,22). The number of likely N-dealkylation sites (tertiary alicyclic amines) is 1. The van der Waals surface area contributed by atoms with E-state index in [4.69, 9.17) is 14.9 Å². The van der Waals surface area contributed by atoms with Crippen molar-refractivity contribution in [3.05, 3.63) is 29.6 Å². The van der Waals surface area contributed by atoms with Crippen molar-refractivity contribution >= 4 is 12.1 Å². The molecular formula is C16H20FNO5. The van der Waals surface area contributed by atoms with Gasteiger partial charge in [-0.1, -0.05) is 0 Å². The molecule has 2 rings (SSSR count). The number of ether oxygens (including phenoxy) is 1. The van der Waals surface area contributed by atoms with Crippen LogP contribution in [0.5, 0.6) is 5.75 Å². The number of hydrogen-bond acceptors (Lipinski definition) is 3. The molecule has 1 heterocycles. The quantitative estimate of drug-likeness (QED) is 0.785. The minimum absolute atomic E-state index is 0.313. The molecule has 1 aliphatic heterocycles. The number of amides is 1. The van der Waals surface area contributed by atoms with Crippen LogP contribution in [0.2, 0.25) is 0 Å². The molecule has 0 aliphatic carbocycles. The number of piperidine rings is 1. The molecule has 7 heteroatoms. The Labute approximate surface area is 133 Å². The number of carboxylic acids is 1. The predicted octanol–water partition coefficient (Wildman–Crippen LogP) is 3.07. The van der Waals surface area contributed by atoms with E-state index in [1.54, 1.807) is 0 Å². The van der Waals surface area contributed by atoms with Gasteiger partial charge in [0.15, 0.2) is 0 Å². The molecule has 0 bridgehead atoms. The van der Waals surface area contributed by atoms with Crippen LogP contribution in [-0.4, -0.2) is 46.9 Å². The summed E-state index contributed by atoms with van der Waals surface area (Å²) >= 11 is 0. The SMILES string of the molecule is O=C(O)c1ccc(OCCCC2CCN(C(=O)O)CC2)cc1F. The van der Waals surface area contributed by atoms with Crippen molar-refractivity contribution in [1.82, 2.24) is 4.90 Å². The summed E-state index contributed by atoms with van der Waals surface area (Å²) in [6, 6.07) is 3.71. The third-order valence-electron chi connectivity index (χ3n) is 4.08. The molecule has 0 radical (unpaired) electrons. The maximum Gasteiger partial charge on any atom is 0.407 e. The molecule has 0 saturated carbocycles. The first-order valence-corrected chi connectivity index (χ1v) is 7.61. The van der Waals surface area contributed by atoms with Gasteiger partial charge in [-0.3, -0.25) is 0 Å². The lowest BCUT2D eigenvalue weighted by Crippen LogP contribution is -2.37. The highest BCUT2D eigenvalue weighted by Gasteiger charge is 2.21. The molecule has 126 valence electrons. The summed E-state index contributed by atoms with van der Waals surface area (Å²) in [6.07, 6.45) is 2.57. The van der Waals surface area contributed by atoms with Crippen molar-refractivity contribution in [2.45, 2.75) is 25.7 Å². The summed E-state index contributed by atoms with van der Waals surface area (Å²) in [6.45, 7) is 1.57. The Morgan fingerprint density at radius 3 is 2.52 bits per heavy atom. The molecule has 1 amide bonds. The number of carbonyl (C=O) groups is 2. The van der Waals surface area contributed by atoms with E-state index in [9.17, 15) is 14.0 Å². The molecule has 23 heavy (non-hydrogen) atoms. The predicted molar refractivity (Wildman–Crippen MR) is 80.4 cm³/mol. The van der Waals surface area contributed by atoms with Crippen molar-refractivity contribution in [2.75, 3.05) is 19.7 Å². The lowest BCUT2D eigenvalue weighted by atomic mass is 9.92. The van der Waals surface area contributed by atoms with E-state index in [1.807, 2.05) is 0 Å². The van der Waals surface area contributed by atoms with Crippen molar-refractivity contribution in [2.24, 2.45) is 5.92 Å². The van der Waals surface area contributed by atoms with Gasteiger partial charge < -0.3 is 19.8 Å². The molecule has 0 aromatic heterocycles. The van der Waals surface area contributed by atoms with Crippen LogP contribution in [0.3, 0.4) is 0 Å². The number of hydrogen-bond donors (Lipinski definition) is 2. The van der Waals surface area contributed by atoms with Crippen molar-refractivity contribution in [1.29, 1.82) is 0 Å². The summed E-state index contributed by atoms with van der Waals surface area (Å²) in [5, 5.41) is 17.6. The fourth-order valence-electron chi connectivity index (χ4n) is 2.73. The summed E-state index contributed by atoms with van der Waals surface area (Å²) in [5.41, 5.74) is -0.373. The van der Waals surface area contributed by atoms with E-state index in [1.165, 1.54) is 17.0 Å². The average Bonchev–Trinajstić information content (AvgIpc) is 2.51. The zero-order valence-corrected chi connectivity index (χ0v) is 12.7. The van der Waals surface area contributed by atoms with E-state index in [0.29, 0.717) is 31.4 Å². The van der Waals surface area contributed by atoms with Gasteiger partial charge in [-0.15, -0.1) is 0 Å². The van der Waals surface area contributed by atoms with Gasteiger partial charge in [0, 0.05) is 19.2 Å². The summed E-state index contributed by atoms with van der Waals surface area (Å²) in [5.74, 6) is -1.31. The molecular weight excluding hydrogens is 305 g/mol. The highest BCUT2D eigenvalue weighted by atomic mass is 19.1. The van der Waals surface area contributed by atoms with Gasteiger partial charge in [0.2, 0.25) is 0 Å². The van der Waals surface area contributed by atoms with Crippen molar-refractivity contribution < 1.29 is 28.9 Å². The van der Waals surface area contributed by atoms with E-state index < -0.39 is 17.9 Å². The van der Waals surface area contributed by atoms with E-state index >= 15 is 0 Å². The second kappa shape index (κ2) is 7.80. The lowest BCUT2D eigenvalue weighted by molar-refractivity contribution is 0.0691. The van der Waals surface area contributed by atoms with Crippen LogP contribution in [0.15, 0.2) is 18.2 Å². The molecule has 2 N–H and O–H groups in total. The normalized spacial score (nSPS) is 15.4. The van der Waals surface area contributed by atoms with Gasteiger partial charge in [0.1, 0.15) is 11.6 Å². The topological polar surface area (TPSA) is 87.1 Å². The molecule has 1 aliphatic rings. The van der Waals surface area contributed by atoms with Crippen LogP contribution in [0.25, 0.3) is 0 Å². The van der Waals surface area contributed by atoms with Gasteiger partial charge >= 0.3 is 12.1 Å². The largest absolute Gasteiger partial charge is 0.493 e. The Hall–Kier alpha value is -2.31. The Morgan fingerprint density at radius 1 is 1.26 bits per heavy atom. The highest BCUT2D eigenvalue weighted by molar-refractivity contribution is 5.88. The highest BCUT2D eigenvalue weighted by Crippen LogP contribution is 2.22. The number of benzene rings is 1. The Kier molecular flexibility index (Phi) is 5.78. The molecule has 0 unspecified atom stereocenters. The second-order valence-electron chi connectivity index (χ2n) is 5.65.